The molecule has 22 heavy (non-hydrogen) atoms. The number of carbonyl (C=O) groups excluding carboxylic acids is 1. The molecule has 0 saturated carbocycles. The normalized spacial score (nSPS) is 10.7. The predicted octanol–water partition coefficient (Wildman–Crippen LogP) is 2.76. The first-order valence-electron chi connectivity index (χ1n) is 6.84. The fourth-order valence-electron chi connectivity index (χ4n) is 1.82. The minimum Gasteiger partial charge on any atom is -0.493 e. The van der Waals surface area contributed by atoms with Crippen molar-refractivity contribution in [2.45, 2.75) is 13.8 Å². The second-order valence-corrected chi connectivity index (χ2v) is 4.45. The zero-order valence-electron chi connectivity index (χ0n) is 12.8. The van der Waals surface area contributed by atoms with Gasteiger partial charge in [-0.05, 0) is 49.7 Å². The van der Waals surface area contributed by atoms with E-state index < -0.39 is 5.91 Å². The molecule has 6 nitrogen and oxygen atoms in total. The van der Waals surface area contributed by atoms with Gasteiger partial charge in [-0.2, -0.15) is 5.10 Å². The molecule has 1 aromatic carbocycles. The third-order valence-electron chi connectivity index (χ3n) is 2.83. The molecule has 116 valence electrons. The summed E-state index contributed by atoms with van der Waals surface area (Å²) in [5, 5.41) is 3.90. The molecule has 2 rings (SSSR count). The molecule has 0 radical (unpaired) electrons. The Morgan fingerprint density at radius 2 is 2.14 bits per heavy atom. The minimum absolute atomic E-state index is 0.221. The Balaban J connectivity index is 2.02. The van der Waals surface area contributed by atoms with E-state index in [1.54, 1.807) is 38.3 Å². The van der Waals surface area contributed by atoms with Crippen molar-refractivity contribution in [2.24, 2.45) is 5.10 Å². The van der Waals surface area contributed by atoms with Gasteiger partial charge in [-0.25, -0.2) is 5.43 Å². The van der Waals surface area contributed by atoms with E-state index in [1.807, 2.05) is 13.0 Å². The largest absolute Gasteiger partial charge is 0.493 e. The van der Waals surface area contributed by atoms with Crippen molar-refractivity contribution in [1.29, 1.82) is 0 Å². The maximum absolute atomic E-state index is 11.7. The number of ether oxygens (including phenoxy) is 2. The van der Waals surface area contributed by atoms with Gasteiger partial charge in [0, 0.05) is 0 Å². The molecule has 6 heteroatoms. The highest BCUT2D eigenvalue weighted by molar-refractivity contribution is 5.92. The number of hydrogen-bond donors (Lipinski definition) is 1. The van der Waals surface area contributed by atoms with Crippen LogP contribution >= 0.6 is 0 Å². The zero-order valence-corrected chi connectivity index (χ0v) is 12.8. The van der Waals surface area contributed by atoms with Crippen LogP contribution in [0.2, 0.25) is 0 Å². The van der Waals surface area contributed by atoms with Crippen molar-refractivity contribution in [3.05, 3.63) is 47.4 Å². The van der Waals surface area contributed by atoms with Gasteiger partial charge >= 0.3 is 5.91 Å². The van der Waals surface area contributed by atoms with Crippen LogP contribution < -0.4 is 14.9 Å². The number of methoxy groups -OCH3 is 1. The fourth-order valence-corrected chi connectivity index (χ4v) is 1.82. The van der Waals surface area contributed by atoms with Crippen molar-refractivity contribution in [1.82, 2.24) is 5.43 Å². The standard InChI is InChI=1S/C16H18N2O4/c1-4-21-13-8-6-12(9-15(13)20-3)10-17-18-16(19)14-7-5-11(2)22-14/h5-10H,4H2,1-3H3,(H,18,19). The predicted molar refractivity (Wildman–Crippen MR) is 82.7 cm³/mol. The Morgan fingerprint density at radius 1 is 1.32 bits per heavy atom. The smallest absolute Gasteiger partial charge is 0.307 e. The van der Waals surface area contributed by atoms with Crippen LogP contribution in [0.25, 0.3) is 0 Å². The number of aryl methyl sites for hydroxylation is 1. The maximum Gasteiger partial charge on any atom is 0.307 e. The van der Waals surface area contributed by atoms with Gasteiger partial charge < -0.3 is 13.9 Å². The van der Waals surface area contributed by atoms with Crippen LogP contribution in [0, 0.1) is 6.92 Å². The summed E-state index contributed by atoms with van der Waals surface area (Å²) in [4.78, 5) is 11.7. The van der Waals surface area contributed by atoms with Gasteiger partial charge in [0.25, 0.3) is 0 Å². The van der Waals surface area contributed by atoms with Crippen LogP contribution in [-0.2, 0) is 0 Å². The van der Waals surface area contributed by atoms with E-state index in [0.717, 1.165) is 5.56 Å². The maximum atomic E-state index is 11.7. The molecule has 0 bridgehead atoms. The van der Waals surface area contributed by atoms with E-state index in [1.165, 1.54) is 6.21 Å². The number of nitrogens with one attached hydrogen (secondary N) is 1. The number of furan rings is 1. The van der Waals surface area contributed by atoms with Gasteiger partial charge in [0.05, 0.1) is 19.9 Å². The molecule has 0 atom stereocenters. The number of hydrazone groups is 1. The van der Waals surface area contributed by atoms with Crippen LogP contribution in [0.4, 0.5) is 0 Å². The molecule has 0 aliphatic carbocycles. The Morgan fingerprint density at radius 3 is 2.77 bits per heavy atom. The summed E-state index contributed by atoms with van der Waals surface area (Å²) in [5.74, 6) is 1.77. The van der Waals surface area contributed by atoms with Gasteiger partial charge in [0.15, 0.2) is 17.3 Å². The number of hydrogen-bond acceptors (Lipinski definition) is 5. The van der Waals surface area contributed by atoms with Crippen LogP contribution in [-0.4, -0.2) is 25.8 Å². The van der Waals surface area contributed by atoms with E-state index >= 15 is 0 Å². The third-order valence-corrected chi connectivity index (χ3v) is 2.83. The average Bonchev–Trinajstić information content (AvgIpc) is 2.95. The highest BCUT2D eigenvalue weighted by Gasteiger charge is 2.08. The SMILES string of the molecule is CCOc1ccc(C=NNC(=O)c2ccc(C)o2)cc1OC. The molecule has 0 saturated heterocycles. The van der Waals surface area contributed by atoms with E-state index in [4.69, 9.17) is 13.9 Å². The number of nitrogens with zero attached hydrogens (tertiary/aromatic N) is 1. The average molecular weight is 302 g/mol. The second-order valence-electron chi connectivity index (χ2n) is 4.45. The van der Waals surface area contributed by atoms with Crippen LogP contribution in [0.1, 0.15) is 28.8 Å². The molecule has 0 aliphatic heterocycles. The summed E-state index contributed by atoms with van der Waals surface area (Å²) >= 11 is 0. The van der Waals surface area contributed by atoms with Crippen molar-refractivity contribution in [3.63, 3.8) is 0 Å². The summed E-state index contributed by atoms with van der Waals surface area (Å²) in [6.45, 7) is 4.23. The van der Waals surface area contributed by atoms with Gasteiger partial charge in [0.1, 0.15) is 5.76 Å². The molecule has 1 amide bonds. The quantitative estimate of drug-likeness (QED) is 0.658. The second kappa shape index (κ2) is 7.31. The summed E-state index contributed by atoms with van der Waals surface area (Å²) in [7, 11) is 1.57. The number of benzene rings is 1. The third kappa shape index (κ3) is 3.88. The van der Waals surface area contributed by atoms with Gasteiger partial charge in [-0.1, -0.05) is 0 Å². The lowest BCUT2D eigenvalue weighted by Crippen LogP contribution is -2.16. The summed E-state index contributed by atoms with van der Waals surface area (Å²) in [6.07, 6.45) is 1.52. The molecule has 2 aromatic rings. The Kier molecular flexibility index (Phi) is 5.19. The van der Waals surface area contributed by atoms with E-state index in [-0.39, 0.29) is 5.76 Å². The topological polar surface area (TPSA) is 73.1 Å². The first-order valence-corrected chi connectivity index (χ1v) is 6.84. The molecular weight excluding hydrogens is 284 g/mol. The van der Waals surface area contributed by atoms with Crippen LogP contribution in [0.15, 0.2) is 39.9 Å². The lowest BCUT2D eigenvalue weighted by atomic mass is 10.2. The molecule has 0 aliphatic rings. The lowest BCUT2D eigenvalue weighted by Gasteiger charge is -2.09. The van der Waals surface area contributed by atoms with Crippen molar-refractivity contribution < 1.29 is 18.7 Å². The van der Waals surface area contributed by atoms with Crippen molar-refractivity contribution in [3.8, 4) is 11.5 Å². The fraction of sp³-hybridized carbons (Fsp3) is 0.250. The van der Waals surface area contributed by atoms with E-state index in [0.29, 0.717) is 23.9 Å². The number of rotatable bonds is 6. The monoisotopic (exact) mass is 302 g/mol. The first-order chi connectivity index (χ1) is 10.6. The molecule has 0 unspecified atom stereocenters. The van der Waals surface area contributed by atoms with Gasteiger partial charge in [-0.15, -0.1) is 0 Å². The van der Waals surface area contributed by atoms with Gasteiger partial charge in [-0.3, -0.25) is 4.79 Å². The first kappa shape index (κ1) is 15.6. The highest BCUT2D eigenvalue weighted by atomic mass is 16.5. The number of carbonyl (C=O) groups is 1. The van der Waals surface area contributed by atoms with Crippen molar-refractivity contribution in [2.75, 3.05) is 13.7 Å². The Hall–Kier alpha value is -2.76. The minimum atomic E-state index is -0.401. The Labute approximate surface area is 128 Å². The summed E-state index contributed by atoms with van der Waals surface area (Å²) in [6, 6.07) is 8.70. The molecule has 0 spiro atoms. The molecule has 1 N–H and O–H groups in total. The molecule has 0 fully saturated rings. The lowest BCUT2D eigenvalue weighted by molar-refractivity contribution is 0.0926. The van der Waals surface area contributed by atoms with E-state index in [9.17, 15) is 4.79 Å². The molecular formula is C16H18N2O4. The molecule has 1 heterocycles. The van der Waals surface area contributed by atoms with Crippen LogP contribution in [0.5, 0.6) is 11.5 Å². The summed E-state index contributed by atoms with van der Waals surface area (Å²) < 4.78 is 15.9. The van der Waals surface area contributed by atoms with Crippen LogP contribution in [0.3, 0.4) is 0 Å². The zero-order chi connectivity index (χ0) is 15.9. The number of amides is 1. The van der Waals surface area contributed by atoms with Crippen molar-refractivity contribution >= 4 is 12.1 Å². The molecule has 1 aromatic heterocycles. The Bertz CT molecular complexity index is 677. The highest BCUT2D eigenvalue weighted by Crippen LogP contribution is 2.27. The van der Waals surface area contributed by atoms with Gasteiger partial charge in [0.2, 0.25) is 0 Å². The summed E-state index contributed by atoms with van der Waals surface area (Å²) in [5.41, 5.74) is 3.18. The van der Waals surface area contributed by atoms with E-state index in [2.05, 4.69) is 10.5 Å².